The molecule has 3 aromatic rings. The molecule has 0 unspecified atom stereocenters. The summed E-state index contributed by atoms with van der Waals surface area (Å²) in [7, 11) is -0.480. The Bertz CT molecular complexity index is 1210. The molecule has 2 aliphatic heterocycles. The molecule has 0 aromatic heterocycles. The van der Waals surface area contributed by atoms with Gasteiger partial charge in [0.15, 0.2) is 5.60 Å². The van der Waals surface area contributed by atoms with Gasteiger partial charge in [0, 0.05) is 23.8 Å². The molecule has 2 heterocycles. The molecule has 0 aliphatic carbocycles. The van der Waals surface area contributed by atoms with Gasteiger partial charge in [0.05, 0.1) is 27.0 Å². The van der Waals surface area contributed by atoms with E-state index in [4.69, 9.17) is 9.47 Å². The predicted molar refractivity (Wildman–Crippen MR) is 141 cm³/mol. The zero-order valence-electron chi connectivity index (χ0n) is 20.8. The molecular formula is C29H33NO4Si. The Labute approximate surface area is 208 Å². The molecule has 1 saturated heterocycles. The third-order valence-corrected chi connectivity index (χ3v) is 12.4. The molecule has 0 bridgehead atoms. The molecule has 1 spiro atoms. The van der Waals surface area contributed by atoms with Crippen LogP contribution in [0.15, 0.2) is 78.9 Å². The first kappa shape index (κ1) is 23.8. The first-order chi connectivity index (χ1) is 16.9. The summed E-state index contributed by atoms with van der Waals surface area (Å²) in [5.41, 5.74) is 1.70. The van der Waals surface area contributed by atoms with Gasteiger partial charge in [-0.3, -0.25) is 9.69 Å². The fourth-order valence-electron chi connectivity index (χ4n) is 6.42. The highest BCUT2D eigenvalue weighted by Crippen LogP contribution is 2.60. The molecule has 2 aliphatic rings. The van der Waals surface area contributed by atoms with Crippen LogP contribution in [-0.4, -0.2) is 38.9 Å². The number of fused-ring (bicyclic) bond motifs is 2. The second kappa shape index (κ2) is 8.93. The third-order valence-electron chi connectivity index (χ3n) is 8.08. The van der Waals surface area contributed by atoms with Crippen LogP contribution in [0.5, 0.6) is 5.75 Å². The summed E-state index contributed by atoms with van der Waals surface area (Å²) in [6.45, 7) is 6.89. The van der Waals surface area contributed by atoms with Crippen molar-refractivity contribution in [1.29, 1.82) is 0 Å². The summed E-state index contributed by atoms with van der Waals surface area (Å²) in [4.78, 5) is 16.2. The Hall–Kier alpha value is -2.93. The number of nitrogens with zero attached hydrogens (tertiary/aromatic N) is 1. The minimum atomic E-state index is -2.15. The molecule has 182 valence electrons. The monoisotopic (exact) mass is 487 g/mol. The highest BCUT2D eigenvalue weighted by molar-refractivity contribution is 6.91. The van der Waals surface area contributed by atoms with Gasteiger partial charge in [-0.05, 0) is 42.3 Å². The van der Waals surface area contributed by atoms with Gasteiger partial charge in [0.2, 0.25) is 0 Å². The molecule has 5 nitrogen and oxygen atoms in total. The summed E-state index contributed by atoms with van der Waals surface area (Å²) < 4.78 is 12.3. The maximum absolute atomic E-state index is 14.4. The van der Waals surface area contributed by atoms with E-state index in [1.54, 1.807) is 7.11 Å². The summed E-state index contributed by atoms with van der Waals surface area (Å²) in [5.74, 6) is 0.726. The minimum Gasteiger partial charge on any atom is -0.497 e. The van der Waals surface area contributed by atoms with E-state index in [1.165, 1.54) is 5.19 Å². The molecule has 1 N–H and O–H groups in total. The van der Waals surface area contributed by atoms with Gasteiger partial charge in [-0.25, -0.2) is 0 Å². The normalized spacial score (nSPS) is 25.8. The van der Waals surface area contributed by atoms with Gasteiger partial charge in [-0.15, -0.1) is 0 Å². The van der Waals surface area contributed by atoms with Gasteiger partial charge in [0.25, 0.3) is 5.91 Å². The Kier molecular flexibility index (Phi) is 6.07. The lowest BCUT2D eigenvalue weighted by atomic mass is 9.82. The number of methoxy groups -OCH3 is 1. The molecule has 5 rings (SSSR count). The van der Waals surface area contributed by atoms with Crippen LogP contribution in [0.3, 0.4) is 0 Å². The Morgan fingerprint density at radius 3 is 2.31 bits per heavy atom. The van der Waals surface area contributed by atoms with Crippen LogP contribution in [0.4, 0.5) is 11.4 Å². The number of rotatable bonds is 6. The lowest BCUT2D eigenvalue weighted by Crippen LogP contribution is -2.51. The second-order valence-corrected chi connectivity index (χ2v) is 14.8. The zero-order chi connectivity index (χ0) is 24.8. The van der Waals surface area contributed by atoms with Crippen molar-refractivity contribution < 1.29 is 19.4 Å². The van der Waals surface area contributed by atoms with E-state index in [-0.39, 0.29) is 30.1 Å². The lowest BCUT2D eigenvalue weighted by Gasteiger charge is -2.37. The summed E-state index contributed by atoms with van der Waals surface area (Å²) in [6.07, 6.45) is 0.288. The highest BCUT2D eigenvalue weighted by Gasteiger charge is 2.66. The minimum absolute atomic E-state index is 0.0231. The van der Waals surface area contributed by atoms with Gasteiger partial charge < -0.3 is 14.6 Å². The number of carbonyl (C=O) groups is 1. The van der Waals surface area contributed by atoms with E-state index in [0.29, 0.717) is 6.42 Å². The molecule has 0 radical (unpaired) electrons. The zero-order valence-corrected chi connectivity index (χ0v) is 21.8. The number of anilines is 2. The fraction of sp³-hybridized carbons (Fsp3) is 0.345. The Balaban J connectivity index is 1.63. The number of ether oxygens (including phenoxy) is 2. The number of hydrogen-bond acceptors (Lipinski definition) is 4. The SMILES string of the molecule is COc1ccc([Si](C)(C)[C@H]2[C@H](CCO)O[C@@]3(C(=O)N(c4ccccc4)c4ccccc43)[C@@H]2C)cc1. The maximum Gasteiger partial charge on any atom is 0.268 e. The number of hydrogen-bond donors (Lipinski definition) is 1. The van der Waals surface area contributed by atoms with E-state index in [2.05, 4.69) is 32.2 Å². The van der Waals surface area contributed by atoms with E-state index >= 15 is 0 Å². The van der Waals surface area contributed by atoms with Crippen molar-refractivity contribution in [2.45, 2.75) is 43.7 Å². The Morgan fingerprint density at radius 2 is 1.66 bits per heavy atom. The standard InChI is InChI=1S/C29H33NO4Si/c1-20-27(35(3,4)23-16-14-22(33-2)15-17-23)26(18-19-31)34-29(20)24-12-8-9-13-25(24)30(28(29)32)21-10-6-5-7-11-21/h5-17,20,26-27,31H,18-19H2,1-4H3/t20-,26+,27-,29+/m1/s1. The van der Waals surface area contributed by atoms with Crippen LogP contribution >= 0.6 is 0 Å². The van der Waals surface area contributed by atoms with E-state index < -0.39 is 13.7 Å². The molecular weight excluding hydrogens is 454 g/mol. The van der Waals surface area contributed by atoms with Crippen LogP contribution in [0.2, 0.25) is 18.6 Å². The van der Waals surface area contributed by atoms with Crippen molar-refractivity contribution in [3.8, 4) is 5.75 Å². The van der Waals surface area contributed by atoms with Crippen LogP contribution in [0.1, 0.15) is 18.9 Å². The maximum atomic E-state index is 14.4. The topological polar surface area (TPSA) is 59.0 Å². The molecule has 0 saturated carbocycles. The number of aliphatic hydroxyl groups is 1. The molecule has 4 atom stereocenters. The molecule has 1 amide bonds. The van der Waals surface area contributed by atoms with E-state index in [0.717, 1.165) is 22.7 Å². The molecule has 6 heteroatoms. The van der Waals surface area contributed by atoms with Crippen molar-refractivity contribution >= 4 is 30.5 Å². The average Bonchev–Trinajstić information content (AvgIpc) is 3.31. The summed E-state index contributed by atoms with van der Waals surface area (Å²) in [6, 6.07) is 26.1. The second-order valence-electron chi connectivity index (χ2n) is 10.2. The summed E-state index contributed by atoms with van der Waals surface area (Å²) in [5, 5.41) is 11.3. The number of benzene rings is 3. The first-order valence-electron chi connectivity index (χ1n) is 12.3. The quantitative estimate of drug-likeness (QED) is 0.499. The van der Waals surface area contributed by atoms with Crippen LogP contribution in [-0.2, 0) is 15.1 Å². The first-order valence-corrected chi connectivity index (χ1v) is 15.4. The Morgan fingerprint density at radius 1 is 1.00 bits per heavy atom. The smallest absolute Gasteiger partial charge is 0.268 e. The van der Waals surface area contributed by atoms with E-state index in [9.17, 15) is 9.90 Å². The van der Waals surface area contributed by atoms with Gasteiger partial charge in [0.1, 0.15) is 5.75 Å². The lowest BCUT2D eigenvalue weighted by molar-refractivity contribution is -0.145. The predicted octanol–water partition coefficient (Wildman–Crippen LogP) is 4.97. The fourth-order valence-corrected chi connectivity index (χ4v) is 10.5. The number of carbonyl (C=O) groups excluding carboxylic acids is 1. The molecule has 3 aromatic carbocycles. The number of para-hydroxylation sites is 2. The molecule has 1 fully saturated rings. The van der Waals surface area contributed by atoms with Gasteiger partial charge >= 0.3 is 0 Å². The number of amides is 1. The van der Waals surface area contributed by atoms with Crippen LogP contribution in [0, 0.1) is 5.92 Å². The number of aliphatic hydroxyl groups excluding tert-OH is 1. The van der Waals surface area contributed by atoms with Crippen molar-refractivity contribution in [2.24, 2.45) is 5.92 Å². The van der Waals surface area contributed by atoms with Crippen molar-refractivity contribution in [1.82, 2.24) is 0 Å². The highest BCUT2D eigenvalue weighted by atomic mass is 28.3. The van der Waals surface area contributed by atoms with Gasteiger partial charge in [-0.2, -0.15) is 0 Å². The molecule has 35 heavy (non-hydrogen) atoms. The van der Waals surface area contributed by atoms with E-state index in [1.807, 2.05) is 71.6 Å². The average molecular weight is 488 g/mol. The van der Waals surface area contributed by atoms with Gasteiger partial charge in [-0.1, -0.05) is 73.7 Å². The van der Waals surface area contributed by atoms with Crippen molar-refractivity contribution in [2.75, 3.05) is 18.6 Å². The largest absolute Gasteiger partial charge is 0.497 e. The van der Waals surface area contributed by atoms with Crippen molar-refractivity contribution in [3.63, 3.8) is 0 Å². The summed E-state index contributed by atoms with van der Waals surface area (Å²) >= 11 is 0. The van der Waals surface area contributed by atoms with Crippen LogP contribution < -0.4 is 14.8 Å². The van der Waals surface area contributed by atoms with Crippen LogP contribution in [0.25, 0.3) is 0 Å². The third kappa shape index (κ3) is 3.54. The van der Waals surface area contributed by atoms with Crippen molar-refractivity contribution in [3.05, 3.63) is 84.4 Å².